The minimum absolute atomic E-state index is 0.282. The lowest BCUT2D eigenvalue weighted by molar-refractivity contribution is 0.461. The van der Waals surface area contributed by atoms with E-state index in [4.69, 9.17) is 5.73 Å². The molecular formula is C14H23N5. The van der Waals surface area contributed by atoms with Crippen LogP contribution in [0.3, 0.4) is 0 Å². The normalized spacial score (nSPS) is 24.7. The van der Waals surface area contributed by atoms with Crippen molar-refractivity contribution in [2.75, 3.05) is 23.3 Å². The molecular weight excluding hydrogens is 238 g/mol. The summed E-state index contributed by atoms with van der Waals surface area (Å²) >= 11 is 0. The van der Waals surface area contributed by atoms with Gasteiger partial charge in [-0.15, -0.1) is 0 Å². The summed E-state index contributed by atoms with van der Waals surface area (Å²) in [7, 11) is 0. The van der Waals surface area contributed by atoms with E-state index in [0.29, 0.717) is 6.04 Å². The van der Waals surface area contributed by atoms with Gasteiger partial charge in [0.05, 0.1) is 0 Å². The van der Waals surface area contributed by atoms with E-state index < -0.39 is 0 Å². The van der Waals surface area contributed by atoms with Gasteiger partial charge < -0.3 is 16.0 Å². The van der Waals surface area contributed by atoms with E-state index in [2.05, 4.69) is 20.2 Å². The van der Waals surface area contributed by atoms with Crippen molar-refractivity contribution in [2.24, 2.45) is 5.73 Å². The average Bonchev–Trinajstić information content (AvgIpc) is 2.87. The Morgan fingerprint density at radius 1 is 1.21 bits per heavy atom. The van der Waals surface area contributed by atoms with Gasteiger partial charge in [0.15, 0.2) is 0 Å². The van der Waals surface area contributed by atoms with Gasteiger partial charge in [0.2, 0.25) is 5.95 Å². The van der Waals surface area contributed by atoms with Crippen LogP contribution in [0.15, 0.2) is 12.3 Å². The minimum atomic E-state index is 0.282. The highest BCUT2D eigenvalue weighted by molar-refractivity contribution is 5.44. The first-order valence-corrected chi connectivity index (χ1v) is 7.41. The summed E-state index contributed by atoms with van der Waals surface area (Å²) in [4.78, 5) is 11.2. The highest BCUT2D eigenvalue weighted by Crippen LogP contribution is 2.22. The Kier molecular flexibility index (Phi) is 3.82. The Morgan fingerprint density at radius 2 is 2.05 bits per heavy atom. The van der Waals surface area contributed by atoms with E-state index in [-0.39, 0.29) is 6.04 Å². The van der Waals surface area contributed by atoms with Gasteiger partial charge in [0.25, 0.3) is 0 Å². The highest BCUT2D eigenvalue weighted by Gasteiger charge is 2.21. The van der Waals surface area contributed by atoms with E-state index in [1.165, 1.54) is 32.1 Å². The Hall–Kier alpha value is -1.36. The largest absolute Gasteiger partial charge is 0.355 e. The van der Waals surface area contributed by atoms with Crippen LogP contribution in [0.25, 0.3) is 0 Å². The molecule has 0 radical (unpaired) electrons. The summed E-state index contributed by atoms with van der Waals surface area (Å²) in [5, 5.41) is 3.48. The number of nitrogens with one attached hydrogen (secondary N) is 1. The first-order chi connectivity index (χ1) is 9.31. The number of nitrogens with zero attached hydrogens (tertiary/aromatic N) is 3. The van der Waals surface area contributed by atoms with Crippen LogP contribution in [0.5, 0.6) is 0 Å². The van der Waals surface area contributed by atoms with Crippen molar-refractivity contribution in [1.29, 1.82) is 0 Å². The molecule has 0 spiro atoms. The molecule has 3 N–H and O–H groups in total. The molecule has 1 atom stereocenters. The fourth-order valence-electron chi connectivity index (χ4n) is 3.02. The Bertz CT molecular complexity index is 416. The van der Waals surface area contributed by atoms with Crippen LogP contribution in [0.4, 0.5) is 11.8 Å². The molecule has 0 amide bonds. The lowest BCUT2D eigenvalue weighted by Gasteiger charge is -2.23. The Morgan fingerprint density at radius 3 is 2.79 bits per heavy atom. The number of anilines is 2. The SMILES string of the molecule is NC1CCN(c2ccnc(NC3CCCCC3)n2)C1. The number of hydrogen-bond donors (Lipinski definition) is 2. The number of nitrogens with two attached hydrogens (primary N) is 1. The maximum Gasteiger partial charge on any atom is 0.224 e. The topological polar surface area (TPSA) is 67.1 Å². The summed E-state index contributed by atoms with van der Waals surface area (Å²) in [6.07, 6.45) is 9.37. The lowest BCUT2D eigenvalue weighted by atomic mass is 9.96. The van der Waals surface area contributed by atoms with Gasteiger partial charge in [-0.25, -0.2) is 4.98 Å². The van der Waals surface area contributed by atoms with Crippen LogP contribution >= 0.6 is 0 Å². The van der Waals surface area contributed by atoms with Gasteiger partial charge >= 0.3 is 0 Å². The van der Waals surface area contributed by atoms with Crippen LogP contribution < -0.4 is 16.0 Å². The van der Waals surface area contributed by atoms with Crippen molar-refractivity contribution in [3.8, 4) is 0 Å². The molecule has 2 aliphatic rings. The third kappa shape index (κ3) is 3.15. The van der Waals surface area contributed by atoms with E-state index in [1.807, 2.05) is 12.3 Å². The minimum Gasteiger partial charge on any atom is -0.355 e. The van der Waals surface area contributed by atoms with E-state index in [9.17, 15) is 0 Å². The third-order valence-corrected chi connectivity index (χ3v) is 4.13. The zero-order chi connectivity index (χ0) is 13.1. The van der Waals surface area contributed by atoms with Crippen LogP contribution in [0.1, 0.15) is 38.5 Å². The molecule has 2 fully saturated rings. The lowest BCUT2D eigenvalue weighted by Crippen LogP contribution is -2.28. The molecule has 1 unspecified atom stereocenters. The molecule has 1 aliphatic carbocycles. The second-order valence-electron chi connectivity index (χ2n) is 5.71. The fraction of sp³-hybridized carbons (Fsp3) is 0.714. The second-order valence-corrected chi connectivity index (χ2v) is 5.71. The van der Waals surface area contributed by atoms with E-state index in [1.54, 1.807) is 0 Å². The van der Waals surface area contributed by atoms with Crippen molar-refractivity contribution in [3.05, 3.63) is 12.3 Å². The Labute approximate surface area is 114 Å². The molecule has 0 aromatic carbocycles. The van der Waals surface area contributed by atoms with Crippen LogP contribution in [-0.4, -0.2) is 35.1 Å². The number of aromatic nitrogens is 2. The van der Waals surface area contributed by atoms with Gasteiger partial charge in [0.1, 0.15) is 5.82 Å². The Balaban J connectivity index is 1.65. The smallest absolute Gasteiger partial charge is 0.224 e. The van der Waals surface area contributed by atoms with E-state index in [0.717, 1.165) is 31.3 Å². The molecule has 5 nitrogen and oxygen atoms in total. The average molecular weight is 261 g/mol. The van der Waals surface area contributed by atoms with Crippen LogP contribution in [-0.2, 0) is 0 Å². The molecule has 19 heavy (non-hydrogen) atoms. The van der Waals surface area contributed by atoms with Crippen molar-refractivity contribution in [1.82, 2.24) is 9.97 Å². The predicted molar refractivity (Wildman–Crippen MR) is 77.3 cm³/mol. The summed E-state index contributed by atoms with van der Waals surface area (Å²) in [6, 6.07) is 2.80. The predicted octanol–water partition coefficient (Wildman–Crippen LogP) is 1.76. The van der Waals surface area contributed by atoms with Crippen LogP contribution in [0.2, 0.25) is 0 Å². The van der Waals surface area contributed by atoms with E-state index >= 15 is 0 Å². The quantitative estimate of drug-likeness (QED) is 0.868. The van der Waals surface area contributed by atoms with Gasteiger partial charge in [-0.2, -0.15) is 4.98 Å². The molecule has 1 aromatic heterocycles. The second kappa shape index (κ2) is 5.74. The zero-order valence-corrected chi connectivity index (χ0v) is 11.4. The first kappa shape index (κ1) is 12.7. The zero-order valence-electron chi connectivity index (χ0n) is 11.4. The molecule has 1 saturated heterocycles. The number of rotatable bonds is 3. The first-order valence-electron chi connectivity index (χ1n) is 7.41. The standard InChI is InChI=1S/C14H23N5/c15-11-7-9-19(10-11)13-6-8-16-14(18-13)17-12-4-2-1-3-5-12/h6,8,11-12H,1-5,7,9-10,15H2,(H,16,17,18). The van der Waals surface area contributed by atoms with Gasteiger partial charge in [-0.3, -0.25) is 0 Å². The summed E-state index contributed by atoms with van der Waals surface area (Å²) in [5.41, 5.74) is 5.95. The molecule has 5 heteroatoms. The van der Waals surface area contributed by atoms with Gasteiger partial charge in [-0.05, 0) is 25.3 Å². The molecule has 1 aliphatic heterocycles. The summed E-state index contributed by atoms with van der Waals surface area (Å²) in [6.45, 7) is 1.90. The third-order valence-electron chi connectivity index (χ3n) is 4.13. The molecule has 3 rings (SSSR count). The molecule has 2 heterocycles. The summed E-state index contributed by atoms with van der Waals surface area (Å²) in [5.74, 6) is 1.77. The van der Waals surface area contributed by atoms with Crippen molar-refractivity contribution >= 4 is 11.8 Å². The highest BCUT2D eigenvalue weighted by atomic mass is 15.2. The number of hydrogen-bond acceptors (Lipinski definition) is 5. The van der Waals surface area contributed by atoms with Crippen molar-refractivity contribution in [3.63, 3.8) is 0 Å². The monoisotopic (exact) mass is 261 g/mol. The molecule has 1 saturated carbocycles. The van der Waals surface area contributed by atoms with Crippen molar-refractivity contribution < 1.29 is 0 Å². The van der Waals surface area contributed by atoms with Crippen LogP contribution in [0, 0.1) is 0 Å². The molecule has 104 valence electrons. The van der Waals surface area contributed by atoms with Gasteiger partial charge in [-0.1, -0.05) is 19.3 Å². The maximum atomic E-state index is 5.95. The molecule has 1 aromatic rings. The maximum absolute atomic E-state index is 5.95. The van der Waals surface area contributed by atoms with Gasteiger partial charge in [0, 0.05) is 31.4 Å². The van der Waals surface area contributed by atoms with Crippen molar-refractivity contribution in [2.45, 2.75) is 50.6 Å². The molecule has 0 bridgehead atoms. The summed E-state index contributed by atoms with van der Waals surface area (Å²) < 4.78 is 0. The fourth-order valence-corrected chi connectivity index (χ4v) is 3.02.